The highest BCUT2D eigenvalue weighted by molar-refractivity contribution is 8.01. The van der Waals surface area contributed by atoms with Crippen molar-refractivity contribution in [2.24, 2.45) is 5.73 Å². The van der Waals surface area contributed by atoms with Gasteiger partial charge in [0.15, 0.2) is 15.0 Å². The minimum absolute atomic E-state index is 0.0973. The number of hydrogen-bond acceptors (Lipinski definition) is 6. The maximum absolute atomic E-state index is 11.4. The van der Waals surface area contributed by atoms with Gasteiger partial charge < -0.3 is 10.3 Å². The van der Waals surface area contributed by atoms with E-state index in [-0.39, 0.29) is 16.8 Å². The van der Waals surface area contributed by atoms with Gasteiger partial charge >= 0.3 is 0 Å². The molecule has 1 aromatic heterocycles. The molecule has 96 valence electrons. The third-order valence-electron chi connectivity index (χ3n) is 2.72. The highest BCUT2D eigenvalue weighted by Crippen LogP contribution is 2.29. The molecular weight excluding hydrogens is 260 g/mol. The molecule has 1 unspecified atom stereocenters. The first kappa shape index (κ1) is 12.8. The molecule has 2 rings (SSSR count). The van der Waals surface area contributed by atoms with Crippen LogP contribution >= 0.6 is 11.8 Å². The van der Waals surface area contributed by atoms with E-state index in [2.05, 4.69) is 10.2 Å². The van der Waals surface area contributed by atoms with E-state index in [9.17, 15) is 8.42 Å². The van der Waals surface area contributed by atoms with E-state index < -0.39 is 9.84 Å². The van der Waals surface area contributed by atoms with Crippen LogP contribution in [0.5, 0.6) is 0 Å². The Hall–Kier alpha value is -0.600. The van der Waals surface area contributed by atoms with Crippen molar-refractivity contribution in [3.8, 4) is 0 Å². The van der Waals surface area contributed by atoms with Crippen molar-refractivity contribution in [3.63, 3.8) is 0 Å². The van der Waals surface area contributed by atoms with E-state index in [4.69, 9.17) is 5.73 Å². The Morgan fingerprint density at radius 1 is 1.53 bits per heavy atom. The first-order valence-electron chi connectivity index (χ1n) is 5.49. The van der Waals surface area contributed by atoms with Gasteiger partial charge in [0.05, 0.1) is 11.5 Å². The number of rotatable bonds is 4. The zero-order valence-electron chi connectivity index (χ0n) is 9.66. The first-order chi connectivity index (χ1) is 8.02. The lowest BCUT2D eigenvalue weighted by Gasteiger charge is -2.09. The molecule has 2 heterocycles. The zero-order valence-corrected chi connectivity index (χ0v) is 11.3. The summed E-state index contributed by atoms with van der Waals surface area (Å²) in [6.07, 6.45) is 0.696. The molecule has 0 amide bonds. The molecule has 1 saturated heterocycles. The Kier molecular flexibility index (Phi) is 3.74. The minimum Gasteiger partial charge on any atom is -0.329 e. The fraction of sp³-hybridized carbons (Fsp3) is 0.778. The fourth-order valence-electron chi connectivity index (χ4n) is 1.84. The number of hydrogen-bond donors (Lipinski definition) is 1. The average molecular weight is 276 g/mol. The second kappa shape index (κ2) is 4.95. The molecule has 1 aliphatic heterocycles. The van der Waals surface area contributed by atoms with E-state index in [1.165, 1.54) is 11.8 Å². The molecule has 1 fully saturated rings. The molecule has 2 N–H and O–H groups in total. The third-order valence-corrected chi connectivity index (χ3v) is 5.94. The van der Waals surface area contributed by atoms with Crippen LogP contribution in [0.1, 0.15) is 12.2 Å². The molecule has 0 bridgehead atoms. The van der Waals surface area contributed by atoms with E-state index in [0.29, 0.717) is 19.5 Å². The van der Waals surface area contributed by atoms with Crippen molar-refractivity contribution in [2.45, 2.75) is 30.3 Å². The highest BCUT2D eigenvalue weighted by Gasteiger charge is 2.30. The summed E-state index contributed by atoms with van der Waals surface area (Å²) in [6.45, 7) is 3.06. The Morgan fingerprint density at radius 3 is 2.88 bits per heavy atom. The minimum atomic E-state index is -2.84. The summed E-state index contributed by atoms with van der Waals surface area (Å²) in [5, 5.41) is 8.94. The van der Waals surface area contributed by atoms with E-state index in [1.807, 2.05) is 11.5 Å². The third kappa shape index (κ3) is 2.99. The standard InChI is InChI=1S/C9H16N4O2S2/c1-7-11-12-9(13(7)4-3-10)16-8-2-5-17(14,15)6-8/h8H,2-6,10H2,1H3. The summed E-state index contributed by atoms with van der Waals surface area (Å²) in [5.41, 5.74) is 5.53. The molecule has 1 atom stereocenters. The quantitative estimate of drug-likeness (QED) is 0.820. The lowest BCUT2D eigenvalue weighted by Crippen LogP contribution is -2.14. The predicted octanol–water partition coefficient (Wildman–Crippen LogP) is -0.176. The normalized spacial score (nSPS) is 23.1. The van der Waals surface area contributed by atoms with Crippen LogP contribution in [0.15, 0.2) is 5.16 Å². The van der Waals surface area contributed by atoms with Gasteiger partial charge in [0.2, 0.25) is 0 Å². The Bertz CT molecular complexity index is 497. The van der Waals surface area contributed by atoms with E-state index >= 15 is 0 Å². The van der Waals surface area contributed by atoms with Crippen LogP contribution in [0.3, 0.4) is 0 Å². The molecule has 0 saturated carbocycles. The first-order valence-corrected chi connectivity index (χ1v) is 8.19. The number of aromatic nitrogens is 3. The number of sulfone groups is 1. The molecular formula is C9H16N4O2S2. The molecule has 17 heavy (non-hydrogen) atoms. The second-order valence-corrected chi connectivity index (χ2v) is 7.61. The molecule has 0 radical (unpaired) electrons. The highest BCUT2D eigenvalue weighted by atomic mass is 32.2. The van der Waals surface area contributed by atoms with Crippen molar-refractivity contribution in [1.82, 2.24) is 14.8 Å². The molecule has 0 aliphatic carbocycles. The summed E-state index contributed by atoms with van der Waals surface area (Å²) in [7, 11) is -2.84. The van der Waals surface area contributed by atoms with Gasteiger partial charge in [-0.25, -0.2) is 8.42 Å². The Morgan fingerprint density at radius 2 is 2.29 bits per heavy atom. The summed E-state index contributed by atoms with van der Waals surface area (Å²) in [6, 6.07) is 0. The van der Waals surface area contributed by atoms with Gasteiger partial charge in [-0.1, -0.05) is 11.8 Å². The summed E-state index contributed by atoms with van der Waals surface area (Å²) < 4.78 is 24.7. The van der Waals surface area contributed by atoms with E-state index in [1.54, 1.807) is 0 Å². The molecule has 1 aromatic rings. The second-order valence-electron chi connectivity index (χ2n) is 4.11. The molecule has 8 heteroatoms. The Labute approximate surface area is 105 Å². The number of thioether (sulfide) groups is 1. The Balaban J connectivity index is 2.09. The molecule has 1 aliphatic rings. The predicted molar refractivity (Wildman–Crippen MR) is 66.7 cm³/mol. The van der Waals surface area contributed by atoms with Gasteiger partial charge in [0.1, 0.15) is 5.82 Å². The van der Waals surface area contributed by atoms with Crippen LogP contribution in [0.2, 0.25) is 0 Å². The van der Waals surface area contributed by atoms with Gasteiger partial charge in [-0.15, -0.1) is 10.2 Å². The topological polar surface area (TPSA) is 90.9 Å². The maximum Gasteiger partial charge on any atom is 0.191 e. The number of aryl methyl sites for hydroxylation is 1. The lowest BCUT2D eigenvalue weighted by molar-refractivity contribution is 0.602. The monoisotopic (exact) mass is 276 g/mol. The summed E-state index contributed by atoms with van der Waals surface area (Å²) in [5.74, 6) is 1.35. The van der Waals surface area contributed by atoms with Crippen molar-refractivity contribution >= 4 is 21.6 Å². The summed E-state index contributed by atoms with van der Waals surface area (Å²) in [4.78, 5) is 0. The van der Waals surface area contributed by atoms with Crippen LogP contribution in [-0.4, -0.2) is 46.5 Å². The van der Waals surface area contributed by atoms with Crippen molar-refractivity contribution in [3.05, 3.63) is 5.82 Å². The van der Waals surface area contributed by atoms with Gasteiger partial charge in [0, 0.05) is 18.3 Å². The van der Waals surface area contributed by atoms with Crippen LogP contribution in [0.25, 0.3) is 0 Å². The van der Waals surface area contributed by atoms with Gasteiger partial charge in [-0.05, 0) is 13.3 Å². The fourth-order valence-corrected chi connectivity index (χ4v) is 5.40. The van der Waals surface area contributed by atoms with Gasteiger partial charge in [-0.3, -0.25) is 0 Å². The van der Waals surface area contributed by atoms with Gasteiger partial charge in [-0.2, -0.15) is 0 Å². The molecule has 0 aromatic carbocycles. The van der Waals surface area contributed by atoms with Crippen molar-refractivity contribution < 1.29 is 8.42 Å². The molecule has 6 nitrogen and oxygen atoms in total. The maximum atomic E-state index is 11.4. The van der Waals surface area contributed by atoms with E-state index in [0.717, 1.165) is 11.0 Å². The number of nitrogens with two attached hydrogens (primary N) is 1. The van der Waals surface area contributed by atoms with Crippen LogP contribution < -0.4 is 5.73 Å². The van der Waals surface area contributed by atoms with Crippen LogP contribution in [0, 0.1) is 6.92 Å². The van der Waals surface area contributed by atoms with Gasteiger partial charge in [0.25, 0.3) is 0 Å². The molecule has 0 spiro atoms. The zero-order chi connectivity index (χ0) is 12.5. The van der Waals surface area contributed by atoms with Crippen LogP contribution in [-0.2, 0) is 16.4 Å². The van der Waals surface area contributed by atoms with Crippen molar-refractivity contribution in [2.75, 3.05) is 18.1 Å². The lowest BCUT2D eigenvalue weighted by atomic mass is 10.4. The summed E-state index contributed by atoms with van der Waals surface area (Å²) >= 11 is 1.50. The van der Waals surface area contributed by atoms with Crippen LogP contribution in [0.4, 0.5) is 0 Å². The average Bonchev–Trinajstić information content (AvgIpc) is 2.75. The largest absolute Gasteiger partial charge is 0.329 e. The smallest absolute Gasteiger partial charge is 0.191 e. The van der Waals surface area contributed by atoms with Crippen molar-refractivity contribution in [1.29, 1.82) is 0 Å². The number of nitrogens with zero attached hydrogens (tertiary/aromatic N) is 3. The SMILES string of the molecule is Cc1nnc(SC2CCS(=O)(=O)C2)n1CCN.